The molecule has 0 fully saturated rings. The predicted molar refractivity (Wildman–Crippen MR) is 139 cm³/mol. The van der Waals surface area contributed by atoms with Gasteiger partial charge in [0, 0.05) is 0 Å². The number of nitrogens with zero attached hydrogens (tertiary/aromatic N) is 2. The van der Waals surface area contributed by atoms with Crippen molar-refractivity contribution in [2.45, 2.75) is 19.6 Å². The number of anilines is 4. The van der Waals surface area contributed by atoms with Crippen LogP contribution in [0.4, 0.5) is 22.7 Å². The fourth-order valence-corrected chi connectivity index (χ4v) is 11.3. The van der Waals surface area contributed by atoms with Crippen LogP contribution in [-0.4, -0.2) is 7.11 Å². The van der Waals surface area contributed by atoms with Gasteiger partial charge in [-0.25, -0.2) is 0 Å². The predicted octanol–water partition coefficient (Wildman–Crippen LogP) is 8.49. The average Bonchev–Trinajstić information content (AvgIpc) is 2.83. The number of para-hydroxylation sites is 4. The van der Waals surface area contributed by atoms with E-state index in [1.165, 1.54) is 42.3 Å². The van der Waals surface area contributed by atoms with Gasteiger partial charge in [-0.3, -0.25) is 0 Å². The Labute approximate surface area is 199 Å². The molecule has 0 unspecified atom stereocenters. The molecule has 0 amide bonds. The van der Waals surface area contributed by atoms with Crippen LogP contribution in [0.25, 0.3) is 0 Å². The number of halogens is 1. The summed E-state index contributed by atoms with van der Waals surface area (Å²) in [5.41, 5.74) is 4.91. The molecule has 3 nitrogen and oxygen atoms in total. The molecule has 2 heterocycles. The monoisotopic (exact) mass is 554 g/mol. The molecule has 0 atom stereocenters. The molecule has 6 rings (SSSR count). The molecule has 0 bridgehead atoms. The van der Waals surface area contributed by atoms with Crippen molar-refractivity contribution in [3.63, 3.8) is 0 Å². The molecular weight excluding hydrogens is 535 g/mol. The number of rotatable bonds is 3. The van der Waals surface area contributed by atoms with E-state index in [0.29, 0.717) is 0 Å². The molecule has 0 saturated carbocycles. The molecule has 0 radical (unpaired) electrons. The third-order valence-electron chi connectivity index (χ3n) is 5.17. The van der Waals surface area contributed by atoms with Crippen LogP contribution >= 0.6 is 44.3 Å². The van der Waals surface area contributed by atoms with Gasteiger partial charge in [-0.2, -0.15) is 0 Å². The van der Waals surface area contributed by atoms with Crippen molar-refractivity contribution in [1.82, 2.24) is 0 Å². The molecule has 0 saturated heterocycles. The van der Waals surface area contributed by atoms with Crippen molar-refractivity contribution in [2.24, 2.45) is 0 Å². The third-order valence-corrected chi connectivity index (χ3v) is 12.0. The van der Waals surface area contributed by atoms with Crippen LogP contribution in [0, 0.1) is 0 Å². The van der Waals surface area contributed by atoms with Crippen LogP contribution in [0.1, 0.15) is 0 Å². The molecule has 4 aromatic carbocycles. The Kier molecular flexibility index (Phi) is 5.10. The fraction of sp³-hybridized carbons (Fsp3) is 0.0400. The second kappa shape index (κ2) is 8.09. The van der Waals surface area contributed by atoms with Gasteiger partial charge >= 0.3 is 200 Å². The van der Waals surface area contributed by atoms with Crippen LogP contribution in [0.5, 0.6) is 0 Å². The van der Waals surface area contributed by atoms with Crippen molar-refractivity contribution < 1.29 is 3.07 Å². The summed E-state index contributed by atoms with van der Waals surface area (Å²) in [6.07, 6.45) is 0. The van der Waals surface area contributed by atoms with Crippen LogP contribution in [0.2, 0.25) is 0 Å². The Morgan fingerprint density at radius 2 is 0.806 bits per heavy atom. The molecule has 0 N–H and O–H groups in total. The first kappa shape index (κ1) is 19.5. The van der Waals surface area contributed by atoms with Gasteiger partial charge < -0.3 is 0 Å². The summed E-state index contributed by atoms with van der Waals surface area (Å²) < 4.78 is 11.4. The molecule has 0 aliphatic carbocycles. The summed E-state index contributed by atoms with van der Waals surface area (Å²) in [7, 11) is 1.87. The van der Waals surface area contributed by atoms with Crippen molar-refractivity contribution in [3.8, 4) is 0 Å². The van der Waals surface area contributed by atoms with Gasteiger partial charge in [-0.15, -0.1) is 0 Å². The van der Waals surface area contributed by atoms with E-state index >= 15 is 0 Å². The van der Waals surface area contributed by atoms with Crippen molar-refractivity contribution >= 4 is 67.1 Å². The third kappa shape index (κ3) is 3.24. The van der Waals surface area contributed by atoms with Crippen LogP contribution < -0.4 is 6.23 Å². The van der Waals surface area contributed by atoms with E-state index in [1.54, 1.807) is 0 Å². The summed E-state index contributed by atoms with van der Waals surface area (Å²) in [6.45, 7) is 0. The number of hydrogen-bond donors (Lipinski definition) is 0. The average molecular weight is 554 g/mol. The molecule has 4 aromatic rings. The van der Waals surface area contributed by atoms with Crippen molar-refractivity contribution in [3.05, 3.63) is 97.1 Å². The Hall–Kier alpha value is -2.13. The van der Waals surface area contributed by atoms with Crippen LogP contribution in [0.3, 0.4) is 0 Å². The Bertz CT molecular complexity index is 1090. The Balaban J connectivity index is 1.58. The van der Waals surface area contributed by atoms with Crippen LogP contribution in [-0.2, 0) is 3.07 Å². The minimum atomic E-state index is -2.42. The zero-order chi connectivity index (χ0) is 20.8. The van der Waals surface area contributed by atoms with E-state index in [-0.39, 0.29) is 0 Å². The van der Waals surface area contributed by atoms with E-state index in [4.69, 9.17) is 3.07 Å². The van der Waals surface area contributed by atoms with Gasteiger partial charge in [0.15, 0.2) is 0 Å². The van der Waals surface area contributed by atoms with E-state index in [1.807, 2.05) is 30.6 Å². The Morgan fingerprint density at radius 1 is 0.516 bits per heavy atom. The van der Waals surface area contributed by atoms with Gasteiger partial charge in [-0.1, -0.05) is 0 Å². The van der Waals surface area contributed by atoms with E-state index in [9.17, 15) is 0 Å². The van der Waals surface area contributed by atoms with E-state index < -0.39 is 20.8 Å². The fourth-order valence-electron chi connectivity index (χ4n) is 3.84. The quantitative estimate of drug-likeness (QED) is 0.186. The number of fused-ring (bicyclic) bond motifs is 4. The summed E-state index contributed by atoms with van der Waals surface area (Å²) in [6, 6.07) is 34.7. The zero-order valence-corrected chi connectivity index (χ0v) is 20.5. The van der Waals surface area contributed by atoms with Gasteiger partial charge in [0.1, 0.15) is 0 Å². The molecule has 0 spiro atoms. The second-order valence-corrected chi connectivity index (χ2v) is 13.2. The summed E-state index contributed by atoms with van der Waals surface area (Å²) in [5.74, 6) is 0. The summed E-state index contributed by atoms with van der Waals surface area (Å²) in [4.78, 5) is 5.09. The van der Waals surface area contributed by atoms with Gasteiger partial charge in [-0.05, 0) is 0 Å². The van der Waals surface area contributed by atoms with E-state index in [0.717, 1.165) is 0 Å². The van der Waals surface area contributed by atoms with Gasteiger partial charge in [0.05, 0.1) is 0 Å². The molecule has 154 valence electrons. The minimum absolute atomic E-state index is 1.23. The summed E-state index contributed by atoms with van der Waals surface area (Å²) in [5, 5.41) is 0. The zero-order valence-electron chi connectivity index (χ0n) is 16.7. The molecule has 2 aliphatic rings. The number of hydrogen-bond acceptors (Lipinski definition) is 5. The molecular formula is C25H19IN2OS2. The topological polar surface area (TPSA) is 15.7 Å². The van der Waals surface area contributed by atoms with Crippen molar-refractivity contribution in [2.75, 3.05) is 13.3 Å². The second-order valence-electron chi connectivity index (χ2n) is 7.00. The van der Waals surface area contributed by atoms with Crippen LogP contribution in [0.15, 0.2) is 117 Å². The first-order valence-corrected chi connectivity index (χ1v) is 14.4. The van der Waals surface area contributed by atoms with Gasteiger partial charge in [0.25, 0.3) is 0 Å². The standard InChI is InChI=1S/C25H19IN2OS2/c1-29-26(27-18-10-2-6-14-22(18)30-23-15-7-3-11-19(23)27)28-20-12-4-8-16-24(20)31-25-17-9-5-13-21(25)28/h2-17H,1H3. The van der Waals surface area contributed by atoms with E-state index in [2.05, 4.69) is 103 Å². The molecule has 31 heavy (non-hydrogen) atoms. The first-order valence-electron chi connectivity index (χ1n) is 9.92. The SMILES string of the molecule is COI(N1c2ccccc2Sc2ccccc21)N1c2ccccc2Sc2ccccc21. The maximum absolute atomic E-state index is 6.45. The number of benzene rings is 4. The molecule has 0 aromatic heterocycles. The first-order chi connectivity index (χ1) is 15.3. The Morgan fingerprint density at radius 3 is 1.10 bits per heavy atom. The van der Waals surface area contributed by atoms with Gasteiger partial charge in [0.2, 0.25) is 0 Å². The molecule has 2 aliphatic heterocycles. The maximum atomic E-state index is 6.45. The molecule has 6 heteroatoms. The normalized spacial score (nSPS) is 14.3. The summed E-state index contributed by atoms with van der Waals surface area (Å²) >= 11 is 1.25. The van der Waals surface area contributed by atoms with Crippen molar-refractivity contribution in [1.29, 1.82) is 0 Å².